The van der Waals surface area contributed by atoms with Crippen molar-refractivity contribution < 1.29 is 19.1 Å². The summed E-state index contributed by atoms with van der Waals surface area (Å²) in [7, 11) is 1.25. The minimum Gasteiger partial charge on any atom is -0.464 e. The molecule has 1 N–H and O–H groups in total. The highest BCUT2D eigenvalue weighted by atomic mass is 16.6. The largest absolute Gasteiger partial charge is 0.464 e. The molecular weight excluding hydrogens is 344 g/mol. The van der Waals surface area contributed by atoms with E-state index in [1.807, 2.05) is 60.7 Å². The molecule has 0 bridgehead atoms. The number of amides is 1. The lowest BCUT2D eigenvalue weighted by atomic mass is 10.1. The molecule has 0 spiro atoms. The van der Waals surface area contributed by atoms with Gasteiger partial charge in [0.15, 0.2) is 0 Å². The molecule has 136 valence electrons. The average molecular weight is 362 g/mol. The van der Waals surface area contributed by atoms with Crippen LogP contribution >= 0.6 is 0 Å². The van der Waals surface area contributed by atoms with E-state index < -0.39 is 12.1 Å². The van der Waals surface area contributed by atoms with E-state index in [0.717, 1.165) is 16.5 Å². The van der Waals surface area contributed by atoms with Crippen LogP contribution in [-0.4, -0.2) is 24.2 Å². The van der Waals surface area contributed by atoms with Crippen molar-refractivity contribution in [3.8, 4) is 0 Å². The van der Waals surface area contributed by atoms with Crippen LogP contribution in [0.15, 0.2) is 72.6 Å². The quantitative estimate of drug-likeness (QED) is 0.553. The Labute approximate surface area is 156 Å². The van der Waals surface area contributed by atoms with Crippen molar-refractivity contribution in [1.29, 1.82) is 0 Å². The average Bonchev–Trinajstić information content (AvgIpc) is 2.72. The van der Waals surface area contributed by atoms with Gasteiger partial charge in [-0.25, -0.2) is 9.59 Å². The molecule has 3 aromatic rings. The molecule has 6 nitrogen and oxygen atoms in total. The number of nitrogens with zero attached hydrogens (tertiary/aromatic N) is 1. The van der Waals surface area contributed by atoms with Crippen LogP contribution in [0.2, 0.25) is 0 Å². The first-order valence-corrected chi connectivity index (χ1v) is 8.28. The second-order valence-electron chi connectivity index (χ2n) is 5.69. The van der Waals surface area contributed by atoms with Gasteiger partial charge in [-0.1, -0.05) is 48.5 Å². The lowest BCUT2D eigenvalue weighted by Gasteiger charge is -2.09. The molecule has 0 radical (unpaired) electrons. The summed E-state index contributed by atoms with van der Waals surface area (Å²) >= 11 is 0. The van der Waals surface area contributed by atoms with Crippen LogP contribution in [0.5, 0.6) is 0 Å². The van der Waals surface area contributed by atoms with Crippen molar-refractivity contribution in [3.05, 3.63) is 83.7 Å². The number of alkyl carbamates (subject to hydrolysis) is 1. The van der Waals surface area contributed by atoms with Gasteiger partial charge in [-0.3, -0.25) is 10.3 Å². The number of hydrogen-bond acceptors (Lipinski definition) is 5. The first-order valence-electron chi connectivity index (χ1n) is 8.28. The zero-order chi connectivity index (χ0) is 19.1. The van der Waals surface area contributed by atoms with E-state index >= 15 is 0 Å². The second kappa shape index (κ2) is 8.62. The predicted molar refractivity (Wildman–Crippen MR) is 101 cm³/mol. The van der Waals surface area contributed by atoms with Crippen LogP contribution in [0.25, 0.3) is 17.0 Å². The fourth-order valence-corrected chi connectivity index (χ4v) is 2.47. The maximum atomic E-state index is 12.1. The molecule has 0 aliphatic heterocycles. The number of fused-ring (bicyclic) bond motifs is 1. The van der Waals surface area contributed by atoms with Crippen molar-refractivity contribution in [2.75, 3.05) is 7.11 Å². The molecule has 1 amide bonds. The second-order valence-corrected chi connectivity index (χ2v) is 5.69. The number of aromatic nitrogens is 1. The predicted octanol–water partition coefficient (Wildman–Crippen LogP) is 3.68. The van der Waals surface area contributed by atoms with E-state index in [2.05, 4.69) is 10.3 Å². The maximum Gasteiger partial charge on any atom is 0.412 e. The Morgan fingerprint density at radius 1 is 1.07 bits per heavy atom. The van der Waals surface area contributed by atoms with E-state index in [1.54, 1.807) is 6.20 Å². The number of esters is 1. The Hall–Kier alpha value is -3.67. The highest BCUT2D eigenvalue weighted by Crippen LogP contribution is 2.15. The van der Waals surface area contributed by atoms with Gasteiger partial charge in [0.2, 0.25) is 0 Å². The fourth-order valence-electron chi connectivity index (χ4n) is 2.47. The first-order chi connectivity index (χ1) is 13.2. The topological polar surface area (TPSA) is 77.5 Å². The first kappa shape index (κ1) is 18.1. The molecule has 2 aromatic carbocycles. The van der Waals surface area contributed by atoms with Gasteiger partial charge in [-0.05, 0) is 29.3 Å². The lowest BCUT2D eigenvalue weighted by molar-refractivity contribution is -0.136. The van der Waals surface area contributed by atoms with Gasteiger partial charge in [-0.15, -0.1) is 0 Å². The molecular formula is C21H18N2O4. The smallest absolute Gasteiger partial charge is 0.412 e. The molecule has 6 heteroatoms. The van der Waals surface area contributed by atoms with E-state index in [0.29, 0.717) is 5.56 Å². The molecule has 0 aliphatic carbocycles. The minimum absolute atomic E-state index is 0.0224. The Morgan fingerprint density at radius 2 is 1.89 bits per heavy atom. The summed E-state index contributed by atoms with van der Waals surface area (Å²) in [6.07, 6.45) is 2.47. The third-order valence-corrected chi connectivity index (χ3v) is 3.80. The summed E-state index contributed by atoms with van der Waals surface area (Å²) < 4.78 is 9.89. The molecule has 0 saturated carbocycles. The van der Waals surface area contributed by atoms with Crippen molar-refractivity contribution in [3.63, 3.8) is 0 Å². The van der Waals surface area contributed by atoms with Gasteiger partial charge in [0, 0.05) is 11.6 Å². The molecule has 0 saturated heterocycles. The SMILES string of the molecule is COC(=O)/C(=C/c1ccc2cccnc2c1)NC(=O)OCc1ccccc1. The van der Waals surface area contributed by atoms with E-state index in [4.69, 9.17) is 9.47 Å². The summed E-state index contributed by atoms with van der Waals surface area (Å²) in [4.78, 5) is 28.3. The number of benzene rings is 2. The number of carbonyl (C=O) groups is 2. The standard InChI is InChI=1S/C21H18N2O4/c1-26-20(24)19(23-21(25)27-14-15-6-3-2-4-7-15)13-16-9-10-17-8-5-11-22-18(17)12-16/h2-13H,14H2,1H3,(H,23,25)/b19-13-. The number of hydrogen-bond donors (Lipinski definition) is 1. The number of nitrogens with one attached hydrogen (secondary N) is 1. The van der Waals surface area contributed by atoms with E-state index in [1.165, 1.54) is 13.2 Å². The maximum absolute atomic E-state index is 12.1. The molecule has 0 atom stereocenters. The van der Waals surface area contributed by atoms with Gasteiger partial charge < -0.3 is 9.47 Å². The number of rotatable bonds is 5. The number of ether oxygens (including phenoxy) is 2. The monoisotopic (exact) mass is 362 g/mol. The summed E-state index contributed by atoms with van der Waals surface area (Å²) in [5.41, 5.74) is 2.30. The molecule has 1 heterocycles. The van der Waals surface area contributed by atoms with E-state index in [-0.39, 0.29) is 12.3 Å². The van der Waals surface area contributed by atoms with Gasteiger partial charge in [0.05, 0.1) is 12.6 Å². The minimum atomic E-state index is -0.741. The number of carbonyl (C=O) groups excluding carboxylic acids is 2. The van der Waals surface area contributed by atoms with Crippen LogP contribution < -0.4 is 5.32 Å². The lowest BCUT2D eigenvalue weighted by Crippen LogP contribution is -2.28. The molecule has 1 aromatic heterocycles. The van der Waals surface area contributed by atoms with Crippen LogP contribution in [0, 0.1) is 0 Å². The van der Waals surface area contributed by atoms with Crippen molar-refractivity contribution in [1.82, 2.24) is 10.3 Å². The normalized spacial score (nSPS) is 11.1. The number of methoxy groups -OCH3 is 1. The molecule has 0 unspecified atom stereocenters. The summed E-state index contributed by atoms with van der Waals surface area (Å²) in [5.74, 6) is -0.673. The molecule has 3 rings (SSSR count). The summed E-state index contributed by atoms with van der Waals surface area (Å²) in [6.45, 7) is 0.0982. The van der Waals surface area contributed by atoms with Gasteiger partial charge >= 0.3 is 12.1 Å². The zero-order valence-corrected chi connectivity index (χ0v) is 14.7. The van der Waals surface area contributed by atoms with Crippen LogP contribution in [-0.2, 0) is 20.9 Å². The Morgan fingerprint density at radius 3 is 2.67 bits per heavy atom. The molecule has 27 heavy (non-hydrogen) atoms. The van der Waals surface area contributed by atoms with Crippen LogP contribution in [0.4, 0.5) is 4.79 Å². The summed E-state index contributed by atoms with van der Waals surface area (Å²) in [5, 5.41) is 3.42. The Kier molecular flexibility index (Phi) is 5.79. The zero-order valence-electron chi connectivity index (χ0n) is 14.7. The van der Waals surface area contributed by atoms with Crippen LogP contribution in [0.3, 0.4) is 0 Å². The number of pyridine rings is 1. The van der Waals surface area contributed by atoms with Gasteiger partial charge in [-0.2, -0.15) is 0 Å². The highest BCUT2D eigenvalue weighted by molar-refractivity contribution is 5.97. The van der Waals surface area contributed by atoms with Gasteiger partial charge in [0.25, 0.3) is 0 Å². The van der Waals surface area contributed by atoms with Crippen molar-refractivity contribution in [2.45, 2.75) is 6.61 Å². The highest BCUT2D eigenvalue weighted by Gasteiger charge is 2.14. The van der Waals surface area contributed by atoms with Crippen molar-refractivity contribution in [2.24, 2.45) is 0 Å². The Bertz CT molecular complexity index is 984. The third-order valence-electron chi connectivity index (χ3n) is 3.80. The van der Waals surface area contributed by atoms with Crippen LogP contribution in [0.1, 0.15) is 11.1 Å². The van der Waals surface area contributed by atoms with Gasteiger partial charge in [0.1, 0.15) is 12.3 Å². The van der Waals surface area contributed by atoms with Crippen molar-refractivity contribution >= 4 is 29.0 Å². The fraction of sp³-hybridized carbons (Fsp3) is 0.0952. The van der Waals surface area contributed by atoms with E-state index in [9.17, 15) is 9.59 Å². The molecule has 0 fully saturated rings. The molecule has 0 aliphatic rings. The third kappa shape index (κ3) is 4.92. The Balaban J connectivity index is 1.75. The summed E-state index contributed by atoms with van der Waals surface area (Å²) in [6, 6.07) is 18.6.